The van der Waals surface area contributed by atoms with E-state index in [-0.39, 0.29) is 11.8 Å². The van der Waals surface area contributed by atoms with Crippen LogP contribution in [0.25, 0.3) is 0 Å². The van der Waals surface area contributed by atoms with E-state index in [1.165, 1.54) is 6.42 Å². The molecule has 1 amide bonds. The quantitative estimate of drug-likeness (QED) is 0.775. The van der Waals surface area contributed by atoms with E-state index >= 15 is 0 Å². The summed E-state index contributed by atoms with van der Waals surface area (Å²) in [4.78, 5) is 11.7. The first-order chi connectivity index (χ1) is 8.49. The lowest BCUT2D eigenvalue weighted by molar-refractivity contribution is -0.125. The van der Waals surface area contributed by atoms with Crippen LogP contribution in [0, 0.1) is 29.1 Å². The van der Waals surface area contributed by atoms with Gasteiger partial charge in [0, 0.05) is 18.7 Å². The summed E-state index contributed by atoms with van der Waals surface area (Å²) in [6, 6.07) is 0. The summed E-state index contributed by atoms with van der Waals surface area (Å²) in [5.74, 6) is 1.88. The molecule has 0 aromatic rings. The van der Waals surface area contributed by atoms with E-state index in [0.717, 1.165) is 31.4 Å². The summed E-state index contributed by atoms with van der Waals surface area (Å²) >= 11 is 0. The van der Waals surface area contributed by atoms with Crippen LogP contribution in [0.4, 0.5) is 0 Å². The van der Waals surface area contributed by atoms with Gasteiger partial charge in [0.15, 0.2) is 0 Å². The maximum atomic E-state index is 11.7. The summed E-state index contributed by atoms with van der Waals surface area (Å²) < 4.78 is 0. The zero-order valence-corrected chi connectivity index (χ0v) is 12.3. The summed E-state index contributed by atoms with van der Waals surface area (Å²) in [6.45, 7) is 6.49. The van der Waals surface area contributed by atoms with Crippen LogP contribution in [0.15, 0.2) is 0 Å². The van der Waals surface area contributed by atoms with E-state index in [1.54, 1.807) is 7.05 Å². The Labute approximate surface area is 111 Å². The van der Waals surface area contributed by atoms with Gasteiger partial charge in [0.2, 0.25) is 5.91 Å². The van der Waals surface area contributed by atoms with E-state index < -0.39 is 0 Å². The van der Waals surface area contributed by atoms with E-state index in [2.05, 4.69) is 26.1 Å². The van der Waals surface area contributed by atoms with Crippen molar-refractivity contribution in [3.05, 3.63) is 0 Å². The molecule has 1 saturated carbocycles. The number of hydrogen-bond acceptors (Lipinski definition) is 2. The fraction of sp³-hybridized carbons (Fsp3) is 0.867. The number of amides is 1. The van der Waals surface area contributed by atoms with Crippen LogP contribution in [0.1, 0.15) is 52.9 Å². The average Bonchev–Trinajstić information content (AvgIpc) is 2.34. The molecule has 3 heteroatoms. The maximum absolute atomic E-state index is 11.7. The molecule has 0 radical (unpaired) electrons. The Morgan fingerprint density at radius 3 is 2.56 bits per heavy atom. The molecule has 0 aromatic carbocycles. The summed E-state index contributed by atoms with van der Waals surface area (Å²) in [5, 5.41) is 10.9. The highest BCUT2D eigenvalue weighted by Gasteiger charge is 2.30. The van der Waals surface area contributed by atoms with Crippen molar-refractivity contribution in [1.82, 2.24) is 5.32 Å². The topological polar surface area (TPSA) is 53.0 Å². The Morgan fingerprint density at radius 2 is 2.11 bits per heavy atom. The first-order valence-electron chi connectivity index (χ1n) is 7.28. The highest BCUT2D eigenvalue weighted by molar-refractivity contribution is 5.85. The van der Waals surface area contributed by atoms with Gasteiger partial charge in [-0.15, -0.1) is 0 Å². The Kier molecular flexibility index (Phi) is 5.83. The highest BCUT2D eigenvalue weighted by atomic mass is 16.1. The summed E-state index contributed by atoms with van der Waals surface area (Å²) in [7, 11) is 1.71. The van der Waals surface area contributed by atoms with Crippen LogP contribution >= 0.6 is 0 Å². The SMILES string of the molecule is CC[C@@H](C[C@H]1CC[C@@H](C(C)C)C(=N)C1)C(=O)NC. The fourth-order valence-corrected chi connectivity index (χ4v) is 3.16. The van der Waals surface area contributed by atoms with Gasteiger partial charge in [-0.25, -0.2) is 0 Å². The molecule has 1 aliphatic carbocycles. The van der Waals surface area contributed by atoms with Crippen molar-refractivity contribution in [1.29, 1.82) is 5.41 Å². The molecule has 104 valence electrons. The highest BCUT2D eigenvalue weighted by Crippen LogP contribution is 2.34. The summed E-state index contributed by atoms with van der Waals surface area (Å²) in [6.07, 6.45) is 5.06. The van der Waals surface area contributed by atoms with Gasteiger partial charge in [-0.05, 0) is 49.9 Å². The molecule has 0 aliphatic heterocycles. The molecule has 0 bridgehead atoms. The fourth-order valence-electron chi connectivity index (χ4n) is 3.16. The third-order valence-electron chi connectivity index (χ3n) is 4.37. The van der Waals surface area contributed by atoms with Gasteiger partial charge in [-0.1, -0.05) is 20.8 Å². The van der Waals surface area contributed by atoms with Crippen LogP contribution in [0.2, 0.25) is 0 Å². The Hall–Kier alpha value is -0.860. The van der Waals surface area contributed by atoms with Crippen molar-refractivity contribution >= 4 is 11.6 Å². The van der Waals surface area contributed by atoms with E-state index in [1.807, 2.05) is 0 Å². The van der Waals surface area contributed by atoms with Gasteiger partial charge < -0.3 is 10.7 Å². The van der Waals surface area contributed by atoms with Crippen molar-refractivity contribution in [2.75, 3.05) is 7.05 Å². The van der Waals surface area contributed by atoms with Crippen molar-refractivity contribution in [3.63, 3.8) is 0 Å². The minimum absolute atomic E-state index is 0.128. The molecule has 18 heavy (non-hydrogen) atoms. The minimum Gasteiger partial charge on any atom is -0.359 e. The van der Waals surface area contributed by atoms with E-state index in [9.17, 15) is 4.79 Å². The van der Waals surface area contributed by atoms with Crippen LogP contribution in [-0.4, -0.2) is 18.7 Å². The molecule has 1 aliphatic rings. The van der Waals surface area contributed by atoms with Crippen LogP contribution in [-0.2, 0) is 4.79 Å². The van der Waals surface area contributed by atoms with Crippen molar-refractivity contribution in [3.8, 4) is 0 Å². The Morgan fingerprint density at radius 1 is 1.44 bits per heavy atom. The molecule has 3 nitrogen and oxygen atoms in total. The molecule has 1 fully saturated rings. The molecule has 3 atom stereocenters. The summed E-state index contributed by atoms with van der Waals surface area (Å²) in [5.41, 5.74) is 0.910. The molecule has 0 unspecified atom stereocenters. The molecule has 0 saturated heterocycles. The zero-order chi connectivity index (χ0) is 13.7. The van der Waals surface area contributed by atoms with Gasteiger partial charge in [0.25, 0.3) is 0 Å². The normalized spacial score (nSPS) is 26.2. The lowest BCUT2D eigenvalue weighted by atomic mass is 9.73. The number of carbonyl (C=O) groups is 1. The van der Waals surface area contributed by atoms with Crippen LogP contribution < -0.4 is 5.32 Å². The van der Waals surface area contributed by atoms with E-state index in [4.69, 9.17) is 5.41 Å². The predicted octanol–water partition coefficient (Wildman–Crippen LogP) is 3.24. The Balaban J connectivity index is 2.51. The van der Waals surface area contributed by atoms with Gasteiger partial charge >= 0.3 is 0 Å². The van der Waals surface area contributed by atoms with Gasteiger partial charge in [0.1, 0.15) is 0 Å². The first-order valence-corrected chi connectivity index (χ1v) is 7.28. The molecule has 2 N–H and O–H groups in total. The standard InChI is InChI=1S/C15H28N2O/c1-5-12(15(18)17-4)8-11-6-7-13(10(2)3)14(16)9-11/h10-13,16H,5-9H2,1-4H3,(H,17,18)/t11-,12+,13+/m1/s1. The first kappa shape index (κ1) is 15.2. The molecule has 0 heterocycles. The number of rotatable bonds is 5. The van der Waals surface area contributed by atoms with E-state index in [0.29, 0.717) is 17.8 Å². The molecule has 0 aromatic heterocycles. The van der Waals surface area contributed by atoms with Gasteiger partial charge in [0.05, 0.1) is 0 Å². The minimum atomic E-state index is 0.128. The molecule has 1 rings (SSSR count). The number of nitrogens with one attached hydrogen (secondary N) is 2. The van der Waals surface area contributed by atoms with Crippen LogP contribution in [0.3, 0.4) is 0 Å². The van der Waals surface area contributed by atoms with Crippen LogP contribution in [0.5, 0.6) is 0 Å². The van der Waals surface area contributed by atoms with Crippen molar-refractivity contribution in [2.45, 2.75) is 52.9 Å². The Bertz CT molecular complexity index is 299. The third kappa shape index (κ3) is 3.82. The molecular formula is C15H28N2O. The predicted molar refractivity (Wildman–Crippen MR) is 75.9 cm³/mol. The zero-order valence-electron chi connectivity index (χ0n) is 12.3. The van der Waals surface area contributed by atoms with Crippen molar-refractivity contribution < 1.29 is 4.79 Å². The molecular weight excluding hydrogens is 224 g/mol. The lowest BCUT2D eigenvalue weighted by Gasteiger charge is -2.33. The molecule has 0 spiro atoms. The van der Waals surface area contributed by atoms with Crippen molar-refractivity contribution in [2.24, 2.45) is 23.7 Å². The largest absolute Gasteiger partial charge is 0.359 e. The monoisotopic (exact) mass is 252 g/mol. The number of hydrogen-bond donors (Lipinski definition) is 2. The lowest BCUT2D eigenvalue weighted by Crippen LogP contribution is -2.32. The second-order valence-electron chi connectivity index (χ2n) is 5.98. The second kappa shape index (κ2) is 6.91. The van der Waals surface area contributed by atoms with Gasteiger partial charge in [-0.3, -0.25) is 4.79 Å². The smallest absolute Gasteiger partial charge is 0.222 e. The average molecular weight is 252 g/mol. The number of carbonyl (C=O) groups excluding carboxylic acids is 1. The third-order valence-corrected chi connectivity index (χ3v) is 4.37. The van der Waals surface area contributed by atoms with Gasteiger partial charge in [-0.2, -0.15) is 0 Å². The maximum Gasteiger partial charge on any atom is 0.222 e. The second-order valence-corrected chi connectivity index (χ2v) is 5.98.